The average Bonchev–Trinajstić information content (AvgIpc) is 2.50. The molecule has 0 N–H and O–H groups in total. The zero-order chi connectivity index (χ0) is 18.2. The van der Waals surface area contributed by atoms with Crippen molar-refractivity contribution in [3.05, 3.63) is 42.5 Å². The third-order valence-electron chi connectivity index (χ3n) is 3.30. The van der Waals surface area contributed by atoms with Gasteiger partial charge in [-0.15, -0.1) is 0 Å². The number of rotatable bonds is 10. The van der Waals surface area contributed by atoms with E-state index in [0.717, 1.165) is 11.2 Å². The Bertz CT molecular complexity index is 515. The zero-order valence-electron chi connectivity index (χ0n) is 15.5. The maximum Gasteiger partial charge on any atom is 0.373 e. The van der Waals surface area contributed by atoms with Gasteiger partial charge >= 0.3 is 14.5 Å². The van der Waals surface area contributed by atoms with E-state index in [9.17, 15) is 4.79 Å². The van der Waals surface area contributed by atoms with Crippen molar-refractivity contribution in [3.63, 3.8) is 0 Å². The Kier molecular flexibility index (Phi) is 8.39. The molecule has 24 heavy (non-hydrogen) atoms. The van der Waals surface area contributed by atoms with Gasteiger partial charge in [-0.05, 0) is 52.3 Å². The monoisotopic (exact) mass is 350 g/mol. The van der Waals surface area contributed by atoms with Gasteiger partial charge in [-0.3, -0.25) is 0 Å². The summed E-state index contributed by atoms with van der Waals surface area (Å²) in [5.41, 5.74) is 0.415. The van der Waals surface area contributed by atoms with Gasteiger partial charge in [0.1, 0.15) is 0 Å². The number of benzene rings is 1. The summed E-state index contributed by atoms with van der Waals surface area (Å²) < 4.78 is 17.9. The van der Waals surface area contributed by atoms with Crippen LogP contribution in [0.2, 0.25) is 6.04 Å². The van der Waals surface area contributed by atoms with Crippen LogP contribution in [0.4, 0.5) is 0 Å². The van der Waals surface area contributed by atoms with E-state index in [1.165, 1.54) is 0 Å². The molecule has 0 saturated heterocycles. The molecule has 1 aromatic carbocycles. The molecule has 0 saturated carbocycles. The van der Waals surface area contributed by atoms with Crippen LogP contribution in [0.5, 0.6) is 0 Å². The number of hydrogen-bond donors (Lipinski definition) is 0. The first-order valence-electron chi connectivity index (χ1n) is 8.50. The van der Waals surface area contributed by atoms with Gasteiger partial charge < -0.3 is 13.6 Å². The largest absolute Gasteiger partial charge is 0.462 e. The van der Waals surface area contributed by atoms with Crippen LogP contribution < -0.4 is 5.19 Å². The first kappa shape index (κ1) is 20.6. The lowest BCUT2D eigenvalue weighted by atomic mass is 10.4. The number of ether oxygens (including phenoxy) is 1. The molecule has 0 aliphatic carbocycles. The highest BCUT2D eigenvalue weighted by Gasteiger charge is 2.41. The van der Waals surface area contributed by atoms with Crippen molar-refractivity contribution in [2.45, 2.75) is 59.3 Å². The fraction of sp³-hybridized carbons (Fsp3) is 0.526. The third kappa shape index (κ3) is 6.59. The van der Waals surface area contributed by atoms with Crippen LogP contribution in [0.3, 0.4) is 0 Å². The number of carbonyl (C=O) groups is 1. The molecule has 1 rings (SSSR count). The average molecular weight is 351 g/mol. The lowest BCUT2D eigenvalue weighted by Gasteiger charge is -2.34. The van der Waals surface area contributed by atoms with Crippen molar-refractivity contribution in [1.29, 1.82) is 0 Å². The second-order valence-corrected chi connectivity index (χ2v) is 9.53. The summed E-state index contributed by atoms with van der Waals surface area (Å²) in [6, 6.07) is 10.9. The van der Waals surface area contributed by atoms with E-state index in [-0.39, 0.29) is 18.2 Å². The van der Waals surface area contributed by atoms with Gasteiger partial charge in [0.15, 0.2) is 0 Å². The van der Waals surface area contributed by atoms with E-state index >= 15 is 0 Å². The summed E-state index contributed by atoms with van der Waals surface area (Å²) in [5, 5.41) is 1.11. The molecule has 0 aliphatic heterocycles. The molecule has 0 atom stereocenters. The van der Waals surface area contributed by atoms with Crippen LogP contribution in [0.25, 0.3) is 0 Å². The fourth-order valence-electron chi connectivity index (χ4n) is 2.47. The minimum absolute atomic E-state index is 0.0635. The predicted molar refractivity (Wildman–Crippen MR) is 99.5 cm³/mol. The van der Waals surface area contributed by atoms with Gasteiger partial charge in [0, 0.05) is 17.8 Å². The Balaban J connectivity index is 2.90. The first-order chi connectivity index (χ1) is 11.3. The standard InChI is InChI=1S/C19H30O4Si/c1-15(2)19(20)21-13-10-14-24(22-16(3)4,23-17(5)6)18-11-8-7-9-12-18/h7-9,11-12,16-17H,1,10,13-14H2,2-6H3. The Morgan fingerprint density at radius 3 is 2.08 bits per heavy atom. The topological polar surface area (TPSA) is 44.8 Å². The second-order valence-electron chi connectivity index (χ2n) is 6.47. The van der Waals surface area contributed by atoms with Crippen molar-refractivity contribution in [1.82, 2.24) is 0 Å². The van der Waals surface area contributed by atoms with Gasteiger partial charge in [0.05, 0.1) is 6.61 Å². The SMILES string of the molecule is C=C(C)C(=O)OCCC[Si](OC(C)C)(OC(C)C)c1ccccc1. The highest BCUT2D eigenvalue weighted by atomic mass is 28.4. The van der Waals surface area contributed by atoms with E-state index in [1.807, 2.05) is 45.9 Å². The summed E-state index contributed by atoms with van der Waals surface area (Å²) in [7, 11) is -2.61. The summed E-state index contributed by atoms with van der Waals surface area (Å²) in [5.74, 6) is -0.350. The molecule has 5 heteroatoms. The molecule has 0 radical (unpaired) electrons. The molecule has 1 aromatic rings. The summed E-state index contributed by atoms with van der Waals surface area (Å²) >= 11 is 0. The van der Waals surface area contributed by atoms with Gasteiger partial charge in [-0.1, -0.05) is 36.9 Å². The molecular formula is C19H30O4Si. The summed E-state index contributed by atoms with van der Waals surface area (Å²) in [6.07, 6.45) is 0.821. The Morgan fingerprint density at radius 2 is 1.62 bits per heavy atom. The van der Waals surface area contributed by atoms with Gasteiger partial charge in [0.2, 0.25) is 0 Å². The number of hydrogen-bond acceptors (Lipinski definition) is 4. The Hall–Kier alpha value is -1.43. The molecule has 4 nitrogen and oxygen atoms in total. The molecule has 0 aromatic heterocycles. The molecule has 0 fully saturated rings. The third-order valence-corrected chi connectivity index (χ3v) is 7.23. The minimum atomic E-state index is -2.61. The van der Waals surface area contributed by atoms with Crippen molar-refractivity contribution in [2.24, 2.45) is 0 Å². The Morgan fingerprint density at radius 1 is 1.08 bits per heavy atom. The van der Waals surface area contributed by atoms with Crippen molar-refractivity contribution in [3.8, 4) is 0 Å². The predicted octanol–water partition coefficient (Wildman–Crippen LogP) is 3.70. The molecule has 0 unspecified atom stereocenters. The lowest BCUT2D eigenvalue weighted by molar-refractivity contribution is -0.138. The Labute approximate surface area is 147 Å². The van der Waals surface area contributed by atoms with Crippen LogP contribution in [0.15, 0.2) is 42.5 Å². The van der Waals surface area contributed by atoms with E-state index in [0.29, 0.717) is 18.6 Å². The highest BCUT2D eigenvalue weighted by molar-refractivity contribution is 6.81. The number of esters is 1. The normalized spacial score (nSPS) is 11.8. The smallest absolute Gasteiger partial charge is 0.373 e. The highest BCUT2D eigenvalue weighted by Crippen LogP contribution is 2.21. The van der Waals surface area contributed by atoms with Crippen molar-refractivity contribution >= 4 is 19.7 Å². The van der Waals surface area contributed by atoms with Crippen molar-refractivity contribution in [2.75, 3.05) is 6.61 Å². The van der Waals surface area contributed by atoms with Gasteiger partial charge in [0.25, 0.3) is 0 Å². The van der Waals surface area contributed by atoms with Crippen LogP contribution in [-0.4, -0.2) is 33.3 Å². The minimum Gasteiger partial charge on any atom is -0.462 e. The van der Waals surface area contributed by atoms with Crippen molar-refractivity contribution < 1.29 is 18.4 Å². The zero-order valence-corrected chi connectivity index (χ0v) is 16.5. The summed E-state index contributed by atoms with van der Waals surface area (Å²) in [6.45, 7) is 13.7. The molecule has 0 heterocycles. The van der Waals surface area contributed by atoms with Crippen LogP contribution >= 0.6 is 0 Å². The molecule has 0 spiro atoms. The maximum absolute atomic E-state index is 11.5. The quantitative estimate of drug-likeness (QED) is 0.279. The van der Waals surface area contributed by atoms with E-state index in [4.69, 9.17) is 13.6 Å². The fourth-order valence-corrected chi connectivity index (χ4v) is 6.16. The maximum atomic E-state index is 11.5. The van der Waals surface area contributed by atoms with E-state index < -0.39 is 8.56 Å². The molecule has 0 aliphatic rings. The van der Waals surface area contributed by atoms with Gasteiger partial charge in [-0.25, -0.2) is 4.79 Å². The second kappa shape index (κ2) is 9.76. The van der Waals surface area contributed by atoms with E-state index in [1.54, 1.807) is 6.92 Å². The van der Waals surface area contributed by atoms with Crippen LogP contribution in [0, 0.1) is 0 Å². The molecule has 0 amide bonds. The number of carbonyl (C=O) groups excluding carboxylic acids is 1. The van der Waals surface area contributed by atoms with Crippen LogP contribution in [-0.2, 0) is 18.4 Å². The van der Waals surface area contributed by atoms with Gasteiger partial charge in [-0.2, -0.15) is 0 Å². The van der Waals surface area contributed by atoms with E-state index in [2.05, 4.69) is 18.7 Å². The summed E-state index contributed by atoms with van der Waals surface area (Å²) in [4.78, 5) is 11.5. The molecule has 134 valence electrons. The molecule has 0 bridgehead atoms. The first-order valence-corrected chi connectivity index (χ1v) is 10.5. The lowest BCUT2D eigenvalue weighted by Crippen LogP contribution is -2.56. The van der Waals surface area contributed by atoms with Crippen LogP contribution in [0.1, 0.15) is 41.0 Å². The molecular weight excluding hydrogens is 320 g/mol.